The molecule has 2 rings (SSSR count). The molecule has 0 aliphatic carbocycles. The van der Waals surface area contributed by atoms with Crippen LogP contribution in [0.2, 0.25) is 0 Å². The number of unbranched alkanes of at least 4 members (excludes halogenated alkanes) is 2. The molecular weight excluding hydrogens is 262 g/mol. The van der Waals surface area contributed by atoms with Crippen molar-refractivity contribution in [2.75, 3.05) is 6.54 Å². The van der Waals surface area contributed by atoms with E-state index in [1.807, 2.05) is 35.0 Å². The molecule has 0 unspecified atom stereocenters. The molecule has 114 valence electrons. The molecule has 5 nitrogen and oxygen atoms in total. The van der Waals surface area contributed by atoms with Gasteiger partial charge in [0.05, 0.1) is 12.2 Å². The molecule has 1 aromatic carbocycles. The van der Waals surface area contributed by atoms with Crippen molar-refractivity contribution in [3.8, 4) is 5.69 Å². The second-order valence-electron chi connectivity index (χ2n) is 5.61. The number of hydrogen-bond donors (Lipinski definition) is 0. The average Bonchev–Trinajstić information content (AvgIpc) is 2.95. The van der Waals surface area contributed by atoms with Crippen LogP contribution in [-0.4, -0.2) is 37.7 Å². The van der Waals surface area contributed by atoms with Gasteiger partial charge < -0.3 is 0 Å². The summed E-state index contributed by atoms with van der Waals surface area (Å²) < 4.78 is 1.83. The van der Waals surface area contributed by atoms with E-state index >= 15 is 0 Å². The van der Waals surface area contributed by atoms with Crippen molar-refractivity contribution in [3.05, 3.63) is 36.2 Å². The van der Waals surface area contributed by atoms with E-state index < -0.39 is 0 Å². The minimum Gasteiger partial charge on any atom is -0.293 e. The molecule has 0 amide bonds. The third-order valence-electron chi connectivity index (χ3n) is 3.66. The van der Waals surface area contributed by atoms with E-state index in [1.165, 1.54) is 19.3 Å². The van der Waals surface area contributed by atoms with Gasteiger partial charge in [-0.25, -0.2) is 0 Å². The molecule has 0 aliphatic rings. The normalized spacial score (nSPS) is 11.5. The molecule has 0 radical (unpaired) electrons. The zero-order valence-electron chi connectivity index (χ0n) is 13.2. The highest BCUT2D eigenvalue weighted by Crippen LogP contribution is 2.12. The van der Waals surface area contributed by atoms with Crippen LogP contribution < -0.4 is 0 Å². The summed E-state index contributed by atoms with van der Waals surface area (Å²) in [5, 5.41) is 12.2. The van der Waals surface area contributed by atoms with Crippen LogP contribution >= 0.6 is 0 Å². The number of tetrazole rings is 1. The van der Waals surface area contributed by atoms with Crippen molar-refractivity contribution in [3.63, 3.8) is 0 Å². The molecule has 1 aromatic heterocycles. The smallest absolute Gasteiger partial charge is 0.170 e. The van der Waals surface area contributed by atoms with Crippen molar-refractivity contribution in [2.24, 2.45) is 0 Å². The Labute approximate surface area is 127 Å². The van der Waals surface area contributed by atoms with Gasteiger partial charge in [0.25, 0.3) is 0 Å². The Balaban J connectivity index is 2.09. The maximum absolute atomic E-state index is 4.20. The van der Waals surface area contributed by atoms with Crippen LogP contribution in [0.15, 0.2) is 30.3 Å². The van der Waals surface area contributed by atoms with Gasteiger partial charge in [-0.1, -0.05) is 38.0 Å². The quantitative estimate of drug-likeness (QED) is 0.700. The molecule has 0 saturated heterocycles. The summed E-state index contributed by atoms with van der Waals surface area (Å²) >= 11 is 0. The van der Waals surface area contributed by atoms with Crippen molar-refractivity contribution >= 4 is 0 Å². The van der Waals surface area contributed by atoms with E-state index in [9.17, 15) is 0 Å². The molecule has 21 heavy (non-hydrogen) atoms. The fourth-order valence-electron chi connectivity index (χ4n) is 2.34. The second-order valence-corrected chi connectivity index (χ2v) is 5.61. The molecule has 0 fully saturated rings. The van der Waals surface area contributed by atoms with Gasteiger partial charge in [-0.15, -0.1) is 5.10 Å². The fourth-order valence-corrected chi connectivity index (χ4v) is 2.34. The van der Waals surface area contributed by atoms with Gasteiger partial charge in [0, 0.05) is 6.04 Å². The summed E-state index contributed by atoms with van der Waals surface area (Å²) in [4.78, 5) is 2.43. The Kier molecular flexibility index (Phi) is 5.87. The maximum atomic E-state index is 4.20. The fraction of sp³-hybridized carbons (Fsp3) is 0.562. The lowest BCUT2D eigenvalue weighted by Crippen LogP contribution is -2.32. The Bertz CT molecular complexity index is 520. The monoisotopic (exact) mass is 287 g/mol. The summed E-state index contributed by atoms with van der Waals surface area (Å²) in [7, 11) is 0. The summed E-state index contributed by atoms with van der Waals surface area (Å²) in [5.74, 6) is 0.895. The molecule has 0 saturated carbocycles. The van der Waals surface area contributed by atoms with E-state index in [4.69, 9.17) is 0 Å². The largest absolute Gasteiger partial charge is 0.293 e. The van der Waals surface area contributed by atoms with Gasteiger partial charge >= 0.3 is 0 Å². The number of aromatic nitrogens is 4. The summed E-state index contributed by atoms with van der Waals surface area (Å²) in [6, 6.07) is 10.5. The van der Waals surface area contributed by atoms with Crippen molar-refractivity contribution in [2.45, 2.75) is 52.6 Å². The standard InChI is InChI=1S/C16H25N5/c1-4-5-9-12-20(14(2)3)13-16-17-18-19-21(16)15-10-7-6-8-11-15/h6-8,10-11,14H,4-5,9,12-13H2,1-3H3. The SMILES string of the molecule is CCCCCN(Cc1nnnn1-c1ccccc1)C(C)C. The van der Waals surface area contributed by atoms with Gasteiger partial charge in [-0.3, -0.25) is 4.90 Å². The lowest BCUT2D eigenvalue weighted by atomic mass is 10.2. The van der Waals surface area contributed by atoms with Gasteiger partial charge in [0.15, 0.2) is 5.82 Å². The van der Waals surface area contributed by atoms with Crippen LogP contribution in [0, 0.1) is 0 Å². The van der Waals surface area contributed by atoms with Crippen LogP contribution in [0.4, 0.5) is 0 Å². The minimum absolute atomic E-state index is 0.489. The summed E-state index contributed by atoms with van der Waals surface area (Å²) in [5.41, 5.74) is 1.01. The molecular formula is C16H25N5. The Morgan fingerprint density at radius 1 is 1.14 bits per heavy atom. The minimum atomic E-state index is 0.489. The molecule has 0 bridgehead atoms. The van der Waals surface area contributed by atoms with E-state index in [2.05, 4.69) is 41.2 Å². The summed E-state index contributed by atoms with van der Waals surface area (Å²) in [6.07, 6.45) is 3.74. The number of para-hydroxylation sites is 1. The predicted molar refractivity (Wildman–Crippen MR) is 84.2 cm³/mol. The second kappa shape index (κ2) is 7.88. The molecule has 0 aliphatic heterocycles. The topological polar surface area (TPSA) is 46.8 Å². The molecule has 2 aromatic rings. The van der Waals surface area contributed by atoms with E-state index in [0.29, 0.717) is 6.04 Å². The van der Waals surface area contributed by atoms with Crippen LogP contribution in [0.5, 0.6) is 0 Å². The highest BCUT2D eigenvalue weighted by Gasteiger charge is 2.15. The molecule has 1 heterocycles. The van der Waals surface area contributed by atoms with Gasteiger partial charge in [-0.05, 0) is 49.4 Å². The molecule has 0 spiro atoms. The first-order valence-corrected chi connectivity index (χ1v) is 7.79. The highest BCUT2D eigenvalue weighted by molar-refractivity contribution is 5.30. The maximum Gasteiger partial charge on any atom is 0.170 e. The number of rotatable bonds is 8. The first-order chi connectivity index (χ1) is 10.2. The zero-order chi connectivity index (χ0) is 15.1. The lowest BCUT2D eigenvalue weighted by Gasteiger charge is -2.25. The Morgan fingerprint density at radius 3 is 2.57 bits per heavy atom. The van der Waals surface area contributed by atoms with Gasteiger partial charge in [0.1, 0.15) is 0 Å². The number of hydrogen-bond acceptors (Lipinski definition) is 4. The molecule has 5 heteroatoms. The van der Waals surface area contributed by atoms with Gasteiger partial charge in [-0.2, -0.15) is 4.68 Å². The first-order valence-electron chi connectivity index (χ1n) is 7.79. The average molecular weight is 287 g/mol. The molecule has 0 atom stereocenters. The van der Waals surface area contributed by atoms with Crippen LogP contribution in [-0.2, 0) is 6.54 Å². The number of nitrogens with zero attached hydrogens (tertiary/aromatic N) is 5. The van der Waals surface area contributed by atoms with E-state index in [1.54, 1.807) is 0 Å². The third-order valence-corrected chi connectivity index (χ3v) is 3.66. The zero-order valence-corrected chi connectivity index (χ0v) is 13.2. The van der Waals surface area contributed by atoms with Crippen LogP contribution in [0.3, 0.4) is 0 Å². The van der Waals surface area contributed by atoms with E-state index in [0.717, 1.165) is 24.6 Å². The Hall–Kier alpha value is -1.75. The van der Waals surface area contributed by atoms with E-state index in [-0.39, 0.29) is 0 Å². The van der Waals surface area contributed by atoms with Crippen LogP contribution in [0.25, 0.3) is 5.69 Å². The Morgan fingerprint density at radius 2 is 1.90 bits per heavy atom. The third kappa shape index (κ3) is 4.36. The predicted octanol–water partition coefficient (Wildman–Crippen LogP) is 3.06. The highest BCUT2D eigenvalue weighted by atomic mass is 15.5. The van der Waals surface area contributed by atoms with Crippen LogP contribution in [0.1, 0.15) is 45.9 Å². The van der Waals surface area contributed by atoms with Crippen molar-refractivity contribution in [1.29, 1.82) is 0 Å². The van der Waals surface area contributed by atoms with Crippen molar-refractivity contribution in [1.82, 2.24) is 25.1 Å². The first kappa shape index (κ1) is 15.6. The summed E-state index contributed by atoms with van der Waals surface area (Å²) in [6.45, 7) is 8.55. The van der Waals surface area contributed by atoms with Gasteiger partial charge in [0.2, 0.25) is 0 Å². The lowest BCUT2D eigenvalue weighted by molar-refractivity contribution is 0.201. The van der Waals surface area contributed by atoms with Crippen molar-refractivity contribution < 1.29 is 0 Å². The molecule has 0 N–H and O–H groups in total. The number of benzene rings is 1.